The molecule has 0 fully saturated rings. The zero-order chi connectivity index (χ0) is 21.3. The van der Waals surface area contributed by atoms with Gasteiger partial charge in [0.15, 0.2) is 17.3 Å². The molecule has 2 N–H and O–H groups in total. The largest absolute Gasteiger partial charge is 0.504 e. The molecule has 2 aromatic carbocycles. The van der Waals surface area contributed by atoms with Gasteiger partial charge in [-0.05, 0) is 24.3 Å². The van der Waals surface area contributed by atoms with Crippen LogP contribution in [0.25, 0.3) is 22.3 Å². The Labute approximate surface area is 164 Å². The molecule has 0 amide bonds. The second-order valence-corrected chi connectivity index (χ2v) is 6.68. The SMILES string of the molecule is COc1ccc(-c2oc3cc(OC)c(OC)c(O)c3c(=O)c2OS(=O)(=O)O)cc1. The fraction of sp³-hybridized carbons (Fsp3) is 0.167. The second-order valence-electron chi connectivity index (χ2n) is 5.66. The molecule has 3 rings (SSSR count). The fourth-order valence-electron chi connectivity index (χ4n) is 2.74. The van der Waals surface area contributed by atoms with Crippen LogP contribution < -0.4 is 23.8 Å². The Morgan fingerprint density at radius 2 is 1.62 bits per heavy atom. The van der Waals surface area contributed by atoms with E-state index in [9.17, 15) is 18.3 Å². The van der Waals surface area contributed by atoms with Crippen LogP contribution in [0.4, 0.5) is 0 Å². The standard InChI is InChI=1S/C18H16O10S/c1-24-10-6-4-9(5-7-10)16-18(28-29(21,22)23)15(20)13-11(27-16)8-12(25-2)17(26-3)14(13)19/h4-8,19H,1-3H3,(H,21,22,23). The molecule has 0 unspecified atom stereocenters. The summed E-state index contributed by atoms with van der Waals surface area (Å²) in [5.41, 5.74) is -0.926. The summed E-state index contributed by atoms with van der Waals surface area (Å²) in [6.07, 6.45) is 0. The molecule has 1 aromatic heterocycles. The van der Waals surface area contributed by atoms with E-state index in [1.165, 1.54) is 39.5 Å². The number of fused-ring (bicyclic) bond motifs is 1. The summed E-state index contributed by atoms with van der Waals surface area (Å²) in [7, 11) is -1.05. The summed E-state index contributed by atoms with van der Waals surface area (Å²) in [5, 5.41) is 10.0. The number of benzene rings is 2. The fourth-order valence-corrected chi connectivity index (χ4v) is 3.10. The molecule has 29 heavy (non-hydrogen) atoms. The Bertz CT molecular complexity index is 1230. The van der Waals surface area contributed by atoms with Gasteiger partial charge >= 0.3 is 10.4 Å². The molecule has 154 valence electrons. The minimum Gasteiger partial charge on any atom is -0.504 e. The van der Waals surface area contributed by atoms with E-state index in [1.807, 2.05) is 0 Å². The van der Waals surface area contributed by atoms with Crippen LogP contribution in [0.3, 0.4) is 0 Å². The molecule has 0 aliphatic rings. The van der Waals surface area contributed by atoms with Crippen molar-refractivity contribution in [1.82, 2.24) is 0 Å². The lowest BCUT2D eigenvalue weighted by Gasteiger charge is -2.14. The smallest absolute Gasteiger partial charge is 0.446 e. The van der Waals surface area contributed by atoms with Crippen molar-refractivity contribution in [3.8, 4) is 40.1 Å². The van der Waals surface area contributed by atoms with Crippen molar-refractivity contribution >= 4 is 21.4 Å². The van der Waals surface area contributed by atoms with E-state index in [-0.39, 0.29) is 28.4 Å². The summed E-state index contributed by atoms with van der Waals surface area (Å²) in [4.78, 5) is 13.0. The Morgan fingerprint density at radius 1 is 0.966 bits per heavy atom. The summed E-state index contributed by atoms with van der Waals surface area (Å²) in [6.45, 7) is 0. The van der Waals surface area contributed by atoms with Crippen LogP contribution in [0.2, 0.25) is 0 Å². The van der Waals surface area contributed by atoms with Gasteiger partial charge in [0.25, 0.3) is 0 Å². The number of hydrogen-bond acceptors (Lipinski definition) is 9. The molecule has 11 heteroatoms. The highest BCUT2D eigenvalue weighted by molar-refractivity contribution is 7.81. The molecule has 0 saturated heterocycles. The van der Waals surface area contributed by atoms with E-state index >= 15 is 0 Å². The van der Waals surface area contributed by atoms with Crippen LogP contribution >= 0.6 is 0 Å². The van der Waals surface area contributed by atoms with E-state index in [4.69, 9.17) is 23.2 Å². The van der Waals surface area contributed by atoms with Gasteiger partial charge in [0.2, 0.25) is 16.9 Å². The third kappa shape index (κ3) is 3.77. The van der Waals surface area contributed by atoms with Gasteiger partial charge in [0.1, 0.15) is 16.7 Å². The molecule has 10 nitrogen and oxygen atoms in total. The van der Waals surface area contributed by atoms with E-state index in [2.05, 4.69) is 4.18 Å². The van der Waals surface area contributed by atoms with E-state index < -0.39 is 32.7 Å². The Hall–Kier alpha value is -3.44. The van der Waals surface area contributed by atoms with Gasteiger partial charge in [-0.15, -0.1) is 0 Å². The lowest BCUT2D eigenvalue weighted by molar-refractivity contribution is 0.334. The molecule has 1 heterocycles. The summed E-state index contributed by atoms with van der Waals surface area (Å²) in [5.74, 6) is -1.37. The molecule has 0 saturated carbocycles. The van der Waals surface area contributed by atoms with Crippen LogP contribution in [-0.4, -0.2) is 39.4 Å². The van der Waals surface area contributed by atoms with Gasteiger partial charge < -0.3 is 27.9 Å². The predicted octanol–water partition coefficient (Wildman–Crippen LogP) is 2.37. The minimum absolute atomic E-state index is 0.0739. The van der Waals surface area contributed by atoms with E-state index in [1.54, 1.807) is 12.1 Å². The zero-order valence-corrected chi connectivity index (χ0v) is 16.3. The number of aromatic hydroxyl groups is 1. The van der Waals surface area contributed by atoms with Crippen molar-refractivity contribution in [2.75, 3.05) is 21.3 Å². The number of hydrogen-bond donors (Lipinski definition) is 2. The third-order valence-corrected chi connectivity index (χ3v) is 4.38. The number of rotatable bonds is 6. The first-order valence-corrected chi connectivity index (χ1v) is 9.32. The average Bonchev–Trinajstić information content (AvgIpc) is 2.68. The predicted molar refractivity (Wildman–Crippen MR) is 101 cm³/mol. The lowest BCUT2D eigenvalue weighted by Crippen LogP contribution is -2.16. The van der Waals surface area contributed by atoms with Crippen LogP contribution in [0.5, 0.6) is 28.7 Å². The Balaban J connectivity index is 2.42. The van der Waals surface area contributed by atoms with Crippen LogP contribution in [-0.2, 0) is 10.4 Å². The molecular weight excluding hydrogens is 408 g/mol. The van der Waals surface area contributed by atoms with Gasteiger partial charge in [-0.3, -0.25) is 9.35 Å². The van der Waals surface area contributed by atoms with Gasteiger partial charge in [-0.1, -0.05) is 0 Å². The van der Waals surface area contributed by atoms with Crippen molar-refractivity contribution in [2.24, 2.45) is 0 Å². The van der Waals surface area contributed by atoms with E-state index in [0.717, 1.165) is 0 Å². The molecule has 0 bridgehead atoms. The molecule has 0 atom stereocenters. The maximum Gasteiger partial charge on any atom is 0.446 e. The third-order valence-electron chi connectivity index (χ3n) is 4.00. The van der Waals surface area contributed by atoms with Gasteiger partial charge in [0, 0.05) is 11.6 Å². The van der Waals surface area contributed by atoms with Crippen LogP contribution in [0.1, 0.15) is 0 Å². The molecule has 0 aliphatic heterocycles. The number of phenolic OH excluding ortho intramolecular Hbond substituents is 1. The average molecular weight is 424 g/mol. The first kappa shape index (κ1) is 20.3. The van der Waals surface area contributed by atoms with Crippen molar-refractivity contribution in [3.63, 3.8) is 0 Å². The lowest BCUT2D eigenvalue weighted by atomic mass is 10.1. The second kappa shape index (κ2) is 7.53. The number of ether oxygens (including phenoxy) is 3. The Kier molecular flexibility index (Phi) is 5.27. The summed E-state index contributed by atoms with van der Waals surface area (Å²) in [6, 6.07) is 7.35. The minimum atomic E-state index is -5.08. The van der Waals surface area contributed by atoms with Crippen molar-refractivity contribution < 1.29 is 40.9 Å². The van der Waals surface area contributed by atoms with Crippen molar-refractivity contribution in [3.05, 3.63) is 40.6 Å². The molecule has 0 spiro atoms. The summed E-state index contributed by atoms with van der Waals surface area (Å²) < 4.78 is 57.1. The number of methoxy groups -OCH3 is 3. The van der Waals surface area contributed by atoms with Crippen LogP contribution in [0, 0.1) is 0 Å². The van der Waals surface area contributed by atoms with Crippen molar-refractivity contribution in [2.45, 2.75) is 0 Å². The first-order chi connectivity index (χ1) is 13.7. The Morgan fingerprint density at radius 3 is 2.14 bits per heavy atom. The highest BCUT2D eigenvalue weighted by atomic mass is 32.3. The maximum atomic E-state index is 13.0. The quantitative estimate of drug-likeness (QED) is 0.566. The number of phenols is 1. The maximum absolute atomic E-state index is 13.0. The summed E-state index contributed by atoms with van der Waals surface area (Å²) >= 11 is 0. The molecule has 0 radical (unpaired) electrons. The zero-order valence-electron chi connectivity index (χ0n) is 15.5. The highest BCUT2D eigenvalue weighted by Gasteiger charge is 2.27. The van der Waals surface area contributed by atoms with E-state index in [0.29, 0.717) is 5.75 Å². The van der Waals surface area contributed by atoms with Gasteiger partial charge in [-0.25, -0.2) is 0 Å². The van der Waals surface area contributed by atoms with Gasteiger partial charge in [-0.2, -0.15) is 8.42 Å². The van der Waals surface area contributed by atoms with Gasteiger partial charge in [0.05, 0.1) is 21.3 Å². The van der Waals surface area contributed by atoms with Crippen LogP contribution in [0.15, 0.2) is 39.5 Å². The molecular formula is C18H16O10S. The normalized spacial score (nSPS) is 11.3. The van der Waals surface area contributed by atoms with Crippen molar-refractivity contribution in [1.29, 1.82) is 0 Å². The molecule has 0 aliphatic carbocycles. The first-order valence-electron chi connectivity index (χ1n) is 7.96. The molecule has 3 aromatic rings. The highest BCUT2D eigenvalue weighted by Crippen LogP contribution is 2.43. The topological polar surface area (TPSA) is 142 Å². The monoisotopic (exact) mass is 424 g/mol.